The second-order valence-electron chi connectivity index (χ2n) is 8.42. The summed E-state index contributed by atoms with van der Waals surface area (Å²) in [5, 5.41) is 3.66. The summed E-state index contributed by atoms with van der Waals surface area (Å²) < 4.78 is 0. The molecule has 31 heavy (non-hydrogen) atoms. The molecule has 0 aliphatic rings. The van der Waals surface area contributed by atoms with Gasteiger partial charge in [-0.25, -0.2) is 4.99 Å². The lowest BCUT2D eigenvalue weighted by molar-refractivity contribution is -0.00000658. The van der Waals surface area contributed by atoms with Gasteiger partial charge < -0.3 is 22.6 Å². The third-order valence-electron chi connectivity index (χ3n) is 5.39. The number of nitrogens with zero attached hydrogens (tertiary/aromatic N) is 2. The molecule has 3 aromatic rings. The number of aryl methyl sites for hydroxylation is 6. The molecule has 0 fully saturated rings. The van der Waals surface area contributed by atoms with E-state index >= 15 is 0 Å². The van der Waals surface area contributed by atoms with E-state index in [9.17, 15) is 0 Å². The van der Waals surface area contributed by atoms with Crippen molar-refractivity contribution in [2.24, 2.45) is 4.99 Å². The Bertz CT molecular complexity index is 1030. The SMILES string of the molecule is Cc1cc(C)c(N=C(Nc2c(C)cc(C)cc2C)N(C)Cc2ccccc2)c(C)c1.[Cl-]. The third-order valence-corrected chi connectivity index (χ3v) is 5.39. The normalized spacial score (nSPS) is 11.1. The Hall–Kier alpha value is -2.78. The Labute approximate surface area is 193 Å². The minimum absolute atomic E-state index is 0. The van der Waals surface area contributed by atoms with E-state index in [0.29, 0.717) is 0 Å². The van der Waals surface area contributed by atoms with Gasteiger partial charge in [-0.05, 0) is 69.4 Å². The van der Waals surface area contributed by atoms with Crippen LogP contribution < -0.4 is 17.7 Å². The van der Waals surface area contributed by atoms with E-state index in [4.69, 9.17) is 4.99 Å². The number of halogens is 1. The van der Waals surface area contributed by atoms with Crippen LogP contribution in [0.4, 0.5) is 11.4 Å². The fourth-order valence-corrected chi connectivity index (χ4v) is 4.08. The number of hydrogen-bond acceptors (Lipinski definition) is 1. The number of anilines is 1. The van der Waals surface area contributed by atoms with Gasteiger partial charge >= 0.3 is 0 Å². The maximum atomic E-state index is 5.13. The first-order chi connectivity index (χ1) is 14.2. The fraction of sp³-hybridized carbons (Fsp3) is 0.296. The van der Waals surface area contributed by atoms with Gasteiger partial charge in [0.25, 0.3) is 0 Å². The van der Waals surface area contributed by atoms with Crippen molar-refractivity contribution in [2.75, 3.05) is 12.4 Å². The van der Waals surface area contributed by atoms with Crippen LogP contribution in [0.1, 0.15) is 38.9 Å². The van der Waals surface area contributed by atoms with E-state index in [2.05, 4.69) is 113 Å². The predicted molar refractivity (Wildman–Crippen MR) is 130 cm³/mol. The average molecular weight is 435 g/mol. The first kappa shape index (κ1) is 24.5. The molecule has 3 aromatic carbocycles. The van der Waals surface area contributed by atoms with Gasteiger partial charge in [-0.3, -0.25) is 0 Å². The molecule has 0 amide bonds. The summed E-state index contributed by atoms with van der Waals surface area (Å²) in [6.45, 7) is 13.6. The second kappa shape index (κ2) is 10.5. The quantitative estimate of drug-likeness (QED) is 0.500. The summed E-state index contributed by atoms with van der Waals surface area (Å²) in [6.07, 6.45) is 0. The summed E-state index contributed by atoms with van der Waals surface area (Å²) >= 11 is 0. The van der Waals surface area contributed by atoms with Gasteiger partial charge in [0, 0.05) is 19.3 Å². The van der Waals surface area contributed by atoms with Crippen molar-refractivity contribution in [3.8, 4) is 0 Å². The van der Waals surface area contributed by atoms with E-state index in [1.54, 1.807) is 0 Å². The zero-order chi connectivity index (χ0) is 21.8. The minimum Gasteiger partial charge on any atom is -1.00 e. The largest absolute Gasteiger partial charge is 1.00 e. The molecule has 0 unspecified atom stereocenters. The van der Waals surface area contributed by atoms with Crippen LogP contribution in [0, 0.1) is 41.5 Å². The molecule has 0 saturated heterocycles. The molecule has 164 valence electrons. The van der Waals surface area contributed by atoms with Crippen LogP contribution in [0.5, 0.6) is 0 Å². The van der Waals surface area contributed by atoms with Gasteiger partial charge in [0.2, 0.25) is 5.96 Å². The maximum absolute atomic E-state index is 5.13. The lowest BCUT2D eigenvalue weighted by Crippen LogP contribution is -3.00. The number of rotatable bonds is 4. The van der Waals surface area contributed by atoms with E-state index in [1.165, 1.54) is 38.9 Å². The van der Waals surface area contributed by atoms with Crippen molar-refractivity contribution in [3.05, 3.63) is 93.5 Å². The molecule has 3 nitrogen and oxygen atoms in total. The van der Waals surface area contributed by atoms with E-state index in [0.717, 1.165) is 23.9 Å². The first-order valence-corrected chi connectivity index (χ1v) is 10.5. The summed E-state index contributed by atoms with van der Waals surface area (Å²) in [5.74, 6) is 0.851. The van der Waals surface area contributed by atoms with Crippen LogP contribution >= 0.6 is 0 Å². The third kappa shape index (κ3) is 6.11. The van der Waals surface area contributed by atoms with Crippen LogP contribution in [-0.4, -0.2) is 17.9 Å². The number of hydrogen-bond donors (Lipinski definition) is 1. The Morgan fingerprint density at radius 3 is 1.77 bits per heavy atom. The van der Waals surface area contributed by atoms with Crippen molar-refractivity contribution >= 4 is 17.3 Å². The molecule has 3 rings (SSSR count). The monoisotopic (exact) mass is 434 g/mol. The van der Waals surface area contributed by atoms with Crippen LogP contribution in [0.25, 0.3) is 0 Å². The van der Waals surface area contributed by atoms with Crippen LogP contribution in [0.3, 0.4) is 0 Å². The molecular weight excluding hydrogens is 402 g/mol. The van der Waals surface area contributed by atoms with Gasteiger partial charge in [-0.1, -0.05) is 65.7 Å². The molecule has 0 aliphatic heterocycles. The Balaban J connectivity index is 0.00000341. The lowest BCUT2D eigenvalue weighted by Gasteiger charge is -2.25. The van der Waals surface area contributed by atoms with Gasteiger partial charge in [0.05, 0.1) is 5.69 Å². The Kier molecular flexibility index (Phi) is 8.29. The summed E-state index contributed by atoms with van der Waals surface area (Å²) in [7, 11) is 2.09. The minimum atomic E-state index is 0. The van der Waals surface area contributed by atoms with E-state index in [-0.39, 0.29) is 12.4 Å². The van der Waals surface area contributed by atoms with Crippen molar-refractivity contribution in [1.82, 2.24) is 4.90 Å². The molecule has 0 radical (unpaired) electrons. The van der Waals surface area contributed by atoms with Gasteiger partial charge in [-0.15, -0.1) is 0 Å². The Morgan fingerprint density at radius 2 is 1.26 bits per heavy atom. The smallest absolute Gasteiger partial charge is 0.203 e. The Morgan fingerprint density at radius 1 is 0.774 bits per heavy atom. The van der Waals surface area contributed by atoms with Crippen molar-refractivity contribution in [1.29, 1.82) is 0 Å². The van der Waals surface area contributed by atoms with E-state index < -0.39 is 0 Å². The van der Waals surface area contributed by atoms with Crippen molar-refractivity contribution in [2.45, 2.75) is 48.1 Å². The molecule has 1 N–H and O–H groups in total. The zero-order valence-corrected chi connectivity index (χ0v) is 20.4. The highest BCUT2D eigenvalue weighted by molar-refractivity contribution is 5.97. The number of nitrogens with one attached hydrogen (secondary N) is 1. The molecule has 0 aliphatic carbocycles. The molecular formula is C27H33ClN3-. The molecule has 0 atom stereocenters. The van der Waals surface area contributed by atoms with Crippen LogP contribution in [-0.2, 0) is 6.54 Å². The molecule has 0 aromatic heterocycles. The lowest BCUT2D eigenvalue weighted by atomic mass is 10.0. The highest BCUT2D eigenvalue weighted by Crippen LogP contribution is 2.27. The molecule has 4 heteroatoms. The molecule has 0 bridgehead atoms. The maximum Gasteiger partial charge on any atom is 0.203 e. The average Bonchev–Trinajstić information content (AvgIpc) is 2.66. The van der Waals surface area contributed by atoms with Gasteiger partial charge in [-0.2, -0.15) is 0 Å². The van der Waals surface area contributed by atoms with Crippen LogP contribution in [0.15, 0.2) is 59.6 Å². The summed E-state index contributed by atoms with van der Waals surface area (Å²) in [4.78, 5) is 7.31. The second-order valence-corrected chi connectivity index (χ2v) is 8.42. The fourth-order valence-electron chi connectivity index (χ4n) is 4.08. The zero-order valence-electron chi connectivity index (χ0n) is 19.7. The summed E-state index contributed by atoms with van der Waals surface area (Å²) in [6, 6.07) is 19.3. The topological polar surface area (TPSA) is 27.6 Å². The molecule has 0 heterocycles. The summed E-state index contributed by atoms with van der Waals surface area (Å²) in [5.41, 5.74) is 10.8. The number of benzene rings is 3. The van der Waals surface area contributed by atoms with Gasteiger partial charge in [0.15, 0.2) is 0 Å². The standard InChI is InChI=1S/C27H33N3.ClH/c1-18-13-20(3)25(21(4)14-18)28-27(30(7)17-24-11-9-8-10-12-24)29-26-22(5)15-19(2)16-23(26)6;/h8-16H,17H2,1-7H3,(H,28,29);1H/p-1. The first-order valence-electron chi connectivity index (χ1n) is 10.5. The molecule has 0 spiro atoms. The highest BCUT2D eigenvalue weighted by atomic mass is 35.5. The molecule has 0 saturated carbocycles. The van der Waals surface area contributed by atoms with Gasteiger partial charge in [0.1, 0.15) is 0 Å². The number of aliphatic imine (C=N–C) groups is 1. The predicted octanol–water partition coefficient (Wildman–Crippen LogP) is 3.77. The number of guanidine groups is 1. The van der Waals surface area contributed by atoms with Crippen molar-refractivity contribution in [3.63, 3.8) is 0 Å². The van der Waals surface area contributed by atoms with Crippen LogP contribution in [0.2, 0.25) is 0 Å². The van der Waals surface area contributed by atoms with Crippen molar-refractivity contribution < 1.29 is 12.4 Å². The highest BCUT2D eigenvalue weighted by Gasteiger charge is 2.14. The van der Waals surface area contributed by atoms with E-state index in [1.807, 2.05) is 0 Å².